The first-order valence-corrected chi connectivity index (χ1v) is 13.9. The molecule has 1 fully saturated rings. The van der Waals surface area contributed by atoms with Crippen LogP contribution < -0.4 is 19.7 Å². The summed E-state index contributed by atoms with van der Waals surface area (Å²) in [4.78, 5) is 39.4. The Morgan fingerprint density at radius 2 is 1.59 bits per heavy atom. The summed E-state index contributed by atoms with van der Waals surface area (Å²) in [7, 11) is 0. The van der Waals surface area contributed by atoms with Gasteiger partial charge in [0, 0.05) is 15.6 Å². The summed E-state index contributed by atoms with van der Waals surface area (Å²) in [6, 6.07) is 25.5. The molecule has 1 aliphatic heterocycles. The standard InChI is InChI=1S/C31H21BrCl2N2O5/c32-26-15-20(6-13-28(26)41-17-19-4-2-1-3-5-19)14-25-29(37)35-31(39)36(30(25)38)23-9-11-24(12-10-23)40-18-21-7-8-22(33)16-27(21)34/h1-16H,17-18H2,(H,35,37,39)/b25-14+. The molecular weight excluding hydrogens is 631 g/mol. The summed E-state index contributed by atoms with van der Waals surface area (Å²) in [5, 5.41) is 3.24. The van der Waals surface area contributed by atoms with E-state index in [9.17, 15) is 14.4 Å². The van der Waals surface area contributed by atoms with Gasteiger partial charge in [-0.25, -0.2) is 9.69 Å². The Morgan fingerprint density at radius 1 is 0.829 bits per heavy atom. The first kappa shape index (κ1) is 28.4. The smallest absolute Gasteiger partial charge is 0.335 e. The number of urea groups is 1. The number of barbiturate groups is 1. The van der Waals surface area contributed by atoms with Gasteiger partial charge in [-0.15, -0.1) is 0 Å². The lowest BCUT2D eigenvalue weighted by atomic mass is 10.1. The maximum atomic E-state index is 13.3. The number of nitrogens with one attached hydrogen (secondary N) is 1. The van der Waals surface area contributed by atoms with Gasteiger partial charge in [0.1, 0.15) is 30.3 Å². The molecule has 1 N–H and O–H groups in total. The van der Waals surface area contributed by atoms with Crippen LogP contribution in [0.15, 0.2) is 101 Å². The van der Waals surface area contributed by atoms with E-state index in [1.165, 1.54) is 6.08 Å². The van der Waals surface area contributed by atoms with Crippen molar-refractivity contribution in [2.24, 2.45) is 0 Å². The molecular formula is C31H21BrCl2N2O5. The summed E-state index contributed by atoms with van der Waals surface area (Å²) in [6.07, 6.45) is 1.43. The lowest BCUT2D eigenvalue weighted by Gasteiger charge is -2.26. The number of halogens is 3. The number of hydrogen-bond acceptors (Lipinski definition) is 5. The van der Waals surface area contributed by atoms with E-state index in [0.29, 0.717) is 38.2 Å². The first-order valence-electron chi connectivity index (χ1n) is 12.3. The summed E-state index contributed by atoms with van der Waals surface area (Å²) < 4.78 is 12.3. The maximum absolute atomic E-state index is 13.3. The van der Waals surface area contributed by atoms with Crippen molar-refractivity contribution in [1.82, 2.24) is 5.32 Å². The highest BCUT2D eigenvalue weighted by atomic mass is 79.9. The molecule has 0 spiro atoms. The van der Waals surface area contributed by atoms with Crippen LogP contribution in [0.2, 0.25) is 10.0 Å². The lowest BCUT2D eigenvalue weighted by Crippen LogP contribution is -2.54. The van der Waals surface area contributed by atoms with E-state index >= 15 is 0 Å². The van der Waals surface area contributed by atoms with E-state index in [-0.39, 0.29) is 17.9 Å². The van der Waals surface area contributed by atoms with Gasteiger partial charge in [0.15, 0.2) is 0 Å². The summed E-state index contributed by atoms with van der Waals surface area (Å²) >= 11 is 15.6. The van der Waals surface area contributed by atoms with E-state index in [2.05, 4.69) is 21.2 Å². The average Bonchev–Trinajstić information content (AvgIpc) is 2.95. The third kappa shape index (κ3) is 6.79. The van der Waals surface area contributed by atoms with Crippen molar-refractivity contribution in [3.05, 3.63) is 128 Å². The van der Waals surface area contributed by atoms with E-state index < -0.39 is 17.8 Å². The summed E-state index contributed by atoms with van der Waals surface area (Å²) in [5.74, 6) is -0.429. The zero-order valence-corrected chi connectivity index (χ0v) is 24.4. The van der Waals surface area contributed by atoms with Crippen LogP contribution in [0.5, 0.6) is 11.5 Å². The molecule has 1 aliphatic rings. The predicted molar refractivity (Wildman–Crippen MR) is 161 cm³/mol. The van der Waals surface area contributed by atoms with Gasteiger partial charge in [0.05, 0.1) is 10.2 Å². The molecule has 0 bridgehead atoms. The third-order valence-corrected chi connectivity index (χ3v) is 7.32. The van der Waals surface area contributed by atoms with Crippen molar-refractivity contribution in [2.45, 2.75) is 13.2 Å². The highest BCUT2D eigenvalue weighted by Gasteiger charge is 2.36. The van der Waals surface area contributed by atoms with Crippen LogP contribution in [0.4, 0.5) is 10.5 Å². The molecule has 0 aliphatic carbocycles. The number of carbonyl (C=O) groups is 3. The van der Waals surface area contributed by atoms with Gasteiger partial charge in [0.25, 0.3) is 11.8 Å². The number of benzene rings is 4. The molecule has 1 heterocycles. The molecule has 4 aromatic rings. The molecule has 0 aromatic heterocycles. The highest BCUT2D eigenvalue weighted by Crippen LogP contribution is 2.30. The van der Waals surface area contributed by atoms with Crippen LogP contribution in [0.25, 0.3) is 6.08 Å². The van der Waals surface area contributed by atoms with Crippen LogP contribution in [0.3, 0.4) is 0 Å². The number of ether oxygens (including phenoxy) is 2. The molecule has 4 amide bonds. The molecule has 41 heavy (non-hydrogen) atoms. The van der Waals surface area contributed by atoms with Gasteiger partial charge in [-0.1, -0.05) is 65.7 Å². The quantitative estimate of drug-likeness (QED) is 0.157. The van der Waals surface area contributed by atoms with Crippen molar-refractivity contribution in [2.75, 3.05) is 4.90 Å². The Kier molecular flexibility index (Phi) is 8.73. The van der Waals surface area contributed by atoms with Crippen LogP contribution in [0, 0.1) is 0 Å². The molecule has 0 radical (unpaired) electrons. The maximum Gasteiger partial charge on any atom is 0.335 e. The van der Waals surface area contributed by atoms with E-state index in [0.717, 1.165) is 16.0 Å². The van der Waals surface area contributed by atoms with Gasteiger partial charge in [-0.3, -0.25) is 14.9 Å². The SMILES string of the molecule is O=C1NC(=O)N(c2ccc(OCc3ccc(Cl)cc3Cl)cc2)C(=O)/C1=C/c1ccc(OCc2ccccc2)c(Br)c1. The fourth-order valence-corrected chi connectivity index (χ4v) is 4.98. The molecule has 0 unspecified atom stereocenters. The number of nitrogens with zero attached hydrogens (tertiary/aromatic N) is 1. The molecule has 0 atom stereocenters. The minimum atomic E-state index is -0.843. The minimum Gasteiger partial charge on any atom is -0.489 e. The Balaban J connectivity index is 1.29. The minimum absolute atomic E-state index is 0.188. The van der Waals surface area contributed by atoms with Gasteiger partial charge in [0.2, 0.25) is 0 Å². The van der Waals surface area contributed by atoms with E-state index in [1.807, 2.05) is 30.3 Å². The molecule has 4 aromatic carbocycles. The van der Waals surface area contributed by atoms with Crippen molar-refractivity contribution in [3.8, 4) is 11.5 Å². The fraction of sp³-hybridized carbons (Fsp3) is 0.0645. The highest BCUT2D eigenvalue weighted by molar-refractivity contribution is 9.10. The second kappa shape index (κ2) is 12.6. The molecule has 206 valence electrons. The molecule has 0 saturated carbocycles. The van der Waals surface area contributed by atoms with Crippen molar-refractivity contribution >= 4 is 68.7 Å². The first-order chi connectivity index (χ1) is 19.8. The zero-order chi connectivity index (χ0) is 28.9. The molecule has 7 nitrogen and oxygen atoms in total. The van der Waals surface area contributed by atoms with Crippen LogP contribution in [-0.4, -0.2) is 17.8 Å². The fourth-order valence-electron chi connectivity index (χ4n) is 4.01. The normalized spacial score (nSPS) is 14.3. The number of hydrogen-bond donors (Lipinski definition) is 1. The average molecular weight is 652 g/mol. The largest absolute Gasteiger partial charge is 0.489 e. The number of rotatable bonds is 8. The zero-order valence-electron chi connectivity index (χ0n) is 21.3. The van der Waals surface area contributed by atoms with Crippen molar-refractivity contribution in [1.29, 1.82) is 0 Å². The Hall–Kier alpha value is -4.11. The lowest BCUT2D eigenvalue weighted by molar-refractivity contribution is -0.122. The van der Waals surface area contributed by atoms with Crippen LogP contribution in [0.1, 0.15) is 16.7 Å². The van der Waals surface area contributed by atoms with Crippen molar-refractivity contribution in [3.63, 3.8) is 0 Å². The van der Waals surface area contributed by atoms with Crippen molar-refractivity contribution < 1.29 is 23.9 Å². The monoisotopic (exact) mass is 650 g/mol. The van der Waals surface area contributed by atoms with Gasteiger partial charge < -0.3 is 9.47 Å². The topological polar surface area (TPSA) is 84.9 Å². The summed E-state index contributed by atoms with van der Waals surface area (Å²) in [5.41, 5.74) is 2.42. The number of amides is 4. The number of imide groups is 2. The third-order valence-electron chi connectivity index (χ3n) is 6.11. The number of anilines is 1. The molecule has 5 rings (SSSR count). The Morgan fingerprint density at radius 3 is 2.29 bits per heavy atom. The van der Waals surface area contributed by atoms with E-state index in [4.69, 9.17) is 32.7 Å². The van der Waals surface area contributed by atoms with Crippen LogP contribution >= 0.6 is 39.1 Å². The van der Waals surface area contributed by atoms with Gasteiger partial charge in [-0.05, 0) is 81.7 Å². The number of carbonyl (C=O) groups excluding carboxylic acids is 3. The van der Waals surface area contributed by atoms with Crippen LogP contribution in [-0.2, 0) is 22.8 Å². The molecule has 10 heteroatoms. The second-order valence-electron chi connectivity index (χ2n) is 8.94. The van der Waals surface area contributed by atoms with E-state index in [1.54, 1.807) is 60.7 Å². The second-order valence-corrected chi connectivity index (χ2v) is 10.6. The van der Waals surface area contributed by atoms with Gasteiger partial charge in [-0.2, -0.15) is 0 Å². The molecule has 1 saturated heterocycles. The Labute approximate surface area is 254 Å². The summed E-state index contributed by atoms with van der Waals surface area (Å²) in [6.45, 7) is 0.585. The van der Waals surface area contributed by atoms with Gasteiger partial charge >= 0.3 is 6.03 Å². The predicted octanol–water partition coefficient (Wildman–Crippen LogP) is 7.58. The Bertz CT molecular complexity index is 1660.